The van der Waals surface area contributed by atoms with Gasteiger partial charge in [-0.2, -0.15) is 8.42 Å². The van der Waals surface area contributed by atoms with E-state index in [1.165, 1.54) is 30.3 Å². The molecular weight excluding hydrogens is 483 g/mol. The Morgan fingerprint density at radius 2 is 1.52 bits per heavy atom. The Labute approximate surface area is 214 Å². The summed E-state index contributed by atoms with van der Waals surface area (Å²) in [5.41, 5.74) is 4.23. The van der Waals surface area contributed by atoms with E-state index in [1.54, 1.807) is 6.07 Å². The standard InChI is InChI=1S/C21H13ClN2O7S.Na.H/c22-9-5-6-13(12(7-9)21(27)28)24-14-8-15(32(29,30)31)18(23)17-16(14)19(25)10-3-1-2-4-11(10)20(17)26;;/h1-8,24H,23H2,(H,27,28)(H,29,30,31);;. The van der Waals surface area contributed by atoms with Crippen molar-refractivity contribution in [2.45, 2.75) is 4.90 Å². The van der Waals surface area contributed by atoms with Crippen LogP contribution in [0.1, 0.15) is 42.2 Å². The number of nitrogens with one attached hydrogen (secondary N) is 1. The van der Waals surface area contributed by atoms with Crippen molar-refractivity contribution in [2.75, 3.05) is 11.1 Å². The summed E-state index contributed by atoms with van der Waals surface area (Å²) in [5.74, 6) is -2.69. The number of carboxylic acids is 1. The van der Waals surface area contributed by atoms with E-state index < -0.39 is 43.8 Å². The number of nitrogen functional groups attached to an aromatic ring is 1. The SMILES string of the molecule is Nc1c(S(=O)(=O)O)cc(Nc2ccc(Cl)cc2C(=O)O)c2c1C(=O)c1ccccc1C2=O.[NaH]. The summed E-state index contributed by atoms with van der Waals surface area (Å²) in [6.07, 6.45) is 0. The average Bonchev–Trinajstić information content (AvgIpc) is 2.73. The van der Waals surface area contributed by atoms with E-state index in [9.17, 15) is 32.5 Å². The Bertz CT molecular complexity index is 1470. The van der Waals surface area contributed by atoms with Crippen molar-refractivity contribution in [1.82, 2.24) is 0 Å². The average molecular weight is 497 g/mol. The molecule has 1 aliphatic rings. The molecule has 0 unspecified atom stereocenters. The van der Waals surface area contributed by atoms with Crippen LogP contribution in [0.2, 0.25) is 5.02 Å². The number of aromatic carboxylic acids is 1. The van der Waals surface area contributed by atoms with Crippen LogP contribution in [0.5, 0.6) is 0 Å². The Kier molecular flexibility index (Phi) is 6.72. The molecule has 0 bridgehead atoms. The van der Waals surface area contributed by atoms with E-state index in [0.29, 0.717) is 0 Å². The van der Waals surface area contributed by atoms with Crippen LogP contribution in [0.3, 0.4) is 0 Å². The molecule has 0 saturated heterocycles. The van der Waals surface area contributed by atoms with Crippen molar-refractivity contribution < 1.29 is 32.5 Å². The topological polar surface area (TPSA) is 164 Å². The summed E-state index contributed by atoms with van der Waals surface area (Å²) in [4.78, 5) is 37.2. The minimum absolute atomic E-state index is 0. The maximum atomic E-state index is 13.3. The number of benzene rings is 3. The number of carbonyl (C=O) groups is 3. The molecule has 0 saturated carbocycles. The van der Waals surface area contributed by atoms with Crippen LogP contribution in [-0.4, -0.2) is 65.2 Å². The second-order valence-corrected chi connectivity index (χ2v) is 8.71. The van der Waals surface area contributed by atoms with Crippen molar-refractivity contribution in [3.8, 4) is 0 Å². The second-order valence-electron chi connectivity index (χ2n) is 6.88. The molecule has 33 heavy (non-hydrogen) atoms. The molecular formula is C21H14ClN2NaO7S. The first-order chi connectivity index (χ1) is 15.0. The van der Waals surface area contributed by atoms with Gasteiger partial charge in [0.2, 0.25) is 0 Å². The normalized spacial score (nSPS) is 12.4. The molecule has 0 radical (unpaired) electrons. The van der Waals surface area contributed by atoms with Gasteiger partial charge in [0.05, 0.1) is 33.8 Å². The van der Waals surface area contributed by atoms with E-state index in [0.717, 1.165) is 12.1 Å². The first-order valence-electron chi connectivity index (χ1n) is 8.93. The number of rotatable bonds is 4. The quantitative estimate of drug-likeness (QED) is 0.189. The second kappa shape index (κ2) is 8.90. The summed E-state index contributed by atoms with van der Waals surface area (Å²) in [6, 6.07) is 10.6. The molecule has 1 aliphatic carbocycles. The van der Waals surface area contributed by atoms with Gasteiger partial charge in [-0.05, 0) is 24.3 Å². The van der Waals surface area contributed by atoms with E-state index in [-0.39, 0.29) is 68.2 Å². The summed E-state index contributed by atoms with van der Waals surface area (Å²) in [7, 11) is -4.90. The van der Waals surface area contributed by atoms with Crippen LogP contribution in [-0.2, 0) is 10.1 Å². The zero-order valence-electron chi connectivity index (χ0n) is 15.9. The van der Waals surface area contributed by atoms with Crippen molar-refractivity contribution in [2.24, 2.45) is 0 Å². The van der Waals surface area contributed by atoms with Crippen LogP contribution in [0.25, 0.3) is 0 Å². The zero-order chi connectivity index (χ0) is 23.4. The van der Waals surface area contributed by atoms with Gasteiger partial charge >= 0.3 is 35.5 Å². The molecule has 0 spiro atoms. The molecule has 3 aromatic rings. The Balaban J connectivity index is 0.00000306. The van der Waals surface area contributed by atoms with Gasteiger partial charge in [-0.25, -0.2) is 4.79 Å². The summed E-state index contributed by atoms with van der Waals surface area (Å²) in [5, 5.41) is 12.3. The number of carboxylic acid groups (broad SMARTS) is 1. The fourth-order valence-corrected chi connectivity index (χ4v) is 4.37. The summed E-state index contributed by atoms with van der Waals surface area (Å²) in [6.45, 7) is 0. The molecule has 3 aromatic carbocycles. The number of halogens is 1. The van der Waals surface area contributed by atoms with Gasteiger partial charge in [0.1, 0.15) is 4.90 Å². The molecule has 5 N–H and O–H groups in total. The third kappa shape index (κ3) is 4.29. The first kappa shape index (κ1) is 24.9. The molecule has 164 valence electrons. The van der Waals surface area contributed by atoms with Gasteiger partial charge in [0.25, 0.3) is 10.1 Å². The molecule has 0 fully saturated rings. The number of ketones is 2. The van der Waals surface area contributed by atoms with E-state index in [1.807, 2.05) is 0 Å². The summed E-state index contributed by atoms with van der Waals surface area (Å²) < 4.78 is 33.5. The fourth-order valence-electron chi connectivity index (χ4n) is 3.55. The van der Waals surface area contributed by atoms with Crippen LogP contribution in [0.4, 0.5) is 17.1 Å². The van der Waals surface area contributed by atoms with Gasteiger partial charge in [0.15, 0.2) is 11.6 Å². The van der Waals surface area contributed by atoms with Crippen molar-refractivity contribution in [3.63, 3.8) is 0 Å². The Morgan fingerprint density at radius 3 is 2.06 bits per heavy atom. The predicted molar refractivity (Wildman–Crippen MR) is 123 cm³/mol. The van der Waals surface area contributed by atoms with E-state index >= 15 is 0 Å². The maximum absolute atomic E-state index is 13.3. The molecule has 0 amide bonds. The van der Waals surface area contributed by atoms with Gasteiger partial charge in [0, 0.05) is 16.1 Å². The minimum atomic E-state index is -4.90. The van der Waals surface area contributed by atoms with Crippen LogP contribution < -0.4 is 11.1 Å². The number of fused-ring (bicyclic) bond motifs is 2. The molecule has 0 atom stereocenters. The molecule has 9 nitrogen and oxygen atoms in total. The van der Waals surface area contributed by atoms with Crippen LogP contribution in [0.15, 0.2) is 53.4 Å². The molecule has 0 aromatic heterocycles. The monoisotopic (exact) mass is 496 g/mol. The van der Waals surface area contributed by atoms with E-state index in [4.69, 9.17) is 17.3 Å². The first-order valence-corrected chi connectivity index (χ1v) is 10.7. The van der Waals surface area contributed by atoms with Gasteiger partial charge < -0.3 is 16.2 Å². The third-order valence-electron chi connectivity index (χ3n) is 4.96. The Hall–Kier alpha value is -2.73. The number of anilines is 3. The van der Waals surface area contributed by atoms with Crippen LogP contribution >= 0.6 is 11.6 Å². The fraction of sp³-hybridized carbons (Fsp3) is 0. The number of nitrogens with two attached hydrogens (primary N) is 1. The van der Waals surface area contributed by atoms with Crippen molar-refractivity contribution in [3.05, 3.63) is 81.4 Å². The van der Waals surface area contributed by atoms with Gasteiger partial charge in [-0.3, -0.25) is 14.1 Å². The van der Waals surface area contributed by atoms with Gasteiger partial charge in [-0.15, -0.1) is 0 Å². The molecule has 0 aliphatic heterocycles. The molecule has 4 rings (SSSR count). The zero-order valence-corrected chi connectivity index (χ0v) is 17.5. The summed E-state index contributed by atoms with van der Waals surface area (Å²) >= 11 is 5.86. The van der Waals surface area contributed by atoms with E-state index in [2.05, 4.69) is 5.32 Å². The number of carbonyl (C=O) groups excluding carboxylic acids is 2. The van der Waals surface area contributed by atoms with Gasteiger partial charge in [-0.1, -0.05) is 35.9 Å². The Morgan fingerprint density at radius 1 is 0.939 bits per heavy atom. The van der Waals surface area contributed by atoms with Crippen molar-refractivity contribution >= 4 is 85.9 Å². The predicted octanol–water partition coefficient (Wildman–Crippen LogP) is 2.74. The number of hydrogen-bond donors (Lipinski definition) is 4. The van der Waals surface area contributed by atoms with Crippen molar-refractivity contribution in [1.29, 1.82) is 0 Å². The third-order valence-corrected chi connectivity index (χ3v) is 6.09. The number of hydrogen-bond acceptors (Lipinski definition) is 7. The molecule has 12 heteroatoms. The van der Waals surface area contributed by atoms with Crippen LogP contribution in [0, 0.1) is 0 Å². The molecule has 0 heterocycles.